The van der Waals surface area contributed by atoms with Crippen LogP contribution in [0.2, 0.25) is 0 Å². The summed E-state index contributed by atoms with van der Waals surface area (Å²) in [7, 11) is 1.71. The van der Waals surface area contributed by atoms with Gasteiger partial charge in [0.1, 0.15) is 0 Å². The molecule has 3 fully saturated rings. The highest BCUT2D eigenvalue weighted by Crippen LogP contribution is 2.48. The van der Waals surface area contributed by atoms with Crippen molar-refractivity contribution < 1.29 is 14.3 Å². The Kier molecular flexibility index (Phi) is 4.84. The standard InChI is InChI=1S/C23H26N4O3/c1-16-3-4-18(8-7-17-5-6-17)11-19(16)22(28)26(2)20-12-27(25-24-20)13-21-29-14-23(9-10-23)15-30-21/h3-4,11-12,17,21H,5-6,9-10,13-15H2,1-2H3. The Balaban J connectivity index is 1.25. The molecule has 1 aromatic carbocycles. The van der Waals surface area contributed by atoms with E-state index in [1.807, 2.05) is 25.1 Å². The molecule has 0 atom stereocenters. The van der Waals surface area contributed by atoms with Crippen molar-refractivity contribution in [2.24, 2.45) is 11.3 Å². The molecule has 1 saturated heterocycles. The van der Waals surface area contributed by atoms with E-state index in [0.717, 1.165) is 24.3 Å². The molecule has 0 bridgehead atoms. The fourth-order valence-electron chi connectivity index (χ4n) is 3.51. The minimum atomic E-state index is -0.323. The summed E-state index contributed by atoms with van der Waals surface area (Å²) in [6.07, 6.45) is 6.16. The number of rotatable bonds is 4. The molecule has 0 unspecified atom stereocenters. The van der Waals surface area contributed by atoms with Gasteiger partial charge in [0, 0.05) is 29.5 Å². The first kappa shape index (κ1) is 19.3. The third-order valence-corrected chi connectivity index (χ3v) is 6.08. The summed E-state index contributed by atoms with van der Waals surface area (Å²) in [5.74, 6) is 7.32. The van der Waals surface area contributed by atoms with Gasteiger partial charge in [-0.1, -0.05) is 23.1 Å². The van der Waals surface area contributed by atoms with Crippen LogP contribution in [0, 0.1) is 30.1 Å². The Morgan fingerprint density at radius 1 is 1.30 bits per heavy atom. The molecule has 156 valence electrons. The zero-order valence-corrected chi connectivity index (χ0v) is 17.4. The molecule has 30 heavy (non-hydrogen) atoms. The lowest BCUT2D eigenvalue weighted by atomic mass is 10.0. The third kappa shape index (κ3) is 4.11. The molecule has 3 aliphatic rings. The zero-order valence-electron chi connectivity index (χ0n) is 17.4. The predicted molar refractivity (Wildman–Crippen MR) is 111 cm³/mol. The van der Waals surface area contributed by atoms with E-state index < -0.39 is 0 Å². The highest BCUT2D eigenvalue weighted by molar-refractivity contribution is 6.06. The molecular weight excluding hydrogens is 380 g/mol. The van der Waals surface area contributed by atoms with Gasteiger partial charge in [-0.25, -0.2) is 4.68 Å². The summed E-state index contributed by atoms with van der Waals surface area (Å²) in [6.45, 7) is 3.88. The second kappa shape index (κ2) is 7.53. The first-order valence-corrected chi connectivity index (χ1v) is 10.5. The van der Waals surface area contributed by atoms with Crippen LogP contribution in [0.4, 0.5) is 5.82 Å². The lowest BCUT2D eigenvalue weighted by molar-refractivity contribution is -0.213. The van der Waals surface area contributed by atoms with Crippen molar-refractivity contribution in [3.8, 4) is 11.8 Å². The molecule has 2 aliphatic carbocycles. The van der Waals surface area contributed by atoms with Crippen molar-refractivity contribution >= 4 is 11.7 Å². The molecule has 2 saturated carbocycles. The Labute approximate surface area is 176 Å². The van der Waals surface area contributed by atoms with E-state index in [0.29, 0.717) is 23.8 Å². The average molecular weight is 406 g/mol. The van der Waals surface area contributed by atoms with Crippen LogP contribution in [0.15, 0.2) is 24.4 Å². The average Bonchev–Trinajstić information content (AvgIpc) is 3.68. The molecule has 5 rings (SSSR count). The van der Waals surface area contributed by atoms with Gasteiger partial charge in [0.05, 0.1) is 26.0 Å². The number of benzene rings is 1. The zero-order chi connectivity index (χ0) is 20.7. The first-order valence-electron chi connectivity index (χ1n) is 10.5. The second-order valence-corrected chi connectivity index (χ2v) is 8.79. The number of nitrogens with zero attached hydrogens (tertiary/aromatic N) is 4. The maximum atomic E-state index is 13.1. The number of amides is 1. The van der Waals surface area contributed by atoms with Crippen LogP contribution in [0.25, 0.3) is 0 Å². The van der Waals surface area contributed by atoms with Gasteiger partial charge in [0.2, 0.25) is 0 Å². The van der Waals surface area contributed by atoms with E-state index in [2.05, 4.69) is 22.2 Å². The minimum Gasteiger partial charge on any atom is -0.350 e. The Morgan fingerprint density at radius 2 is 2.07 bits per heavy atom. The Morgan fingerprint density at radius 3 is 2.77 bits per heavy atom. The van der Waals surface area contributed by atoms with E-state index in [-0.39, 0.29) is 17.6 Å². The number of aromatic nitrogens is 3. The van der Waals surface area contributed by atoms with Gasteiger partial charge in [-0.2, -0.15) is 0 Å². The van der Waals surface area contributed by atoms with Crippen LogP contribution in [0.3, 0.4) is 0 Å². The fraction of sp³-hybridized carbons (Fsp3) is 0.522. The quantitative estimate of drug-likeness (QED) is 0.731. The lowest BCUT2D eigenvalue weighted by Crippen LogP contribution is -2.36. The van der Waals surface area contributed by atoms with Crippen LogP contribution in [0.1, 0.15) is 47.2 Å². The molecule has 1 spiro atoms. The highest BCUT2D eigenvalue weighted by atomic mass is 16.7. The van der Waals surface area contributed by atoms with Crippen molar-refractivity contribution in [3.63, 3.8) is 0 Å². The number of aryl methyl sites for hydroxylation is 1. The third-order valence-electron chi connectivity index (χ3n) is 6.08. The number of ether oxygens (including phenoxy) is 2. The maximum absolute atomic E-state index is 13.1. The van der Waals surface area contributed by atoms with Gasteiger partial charge in [-0.15, -0.1) is 5.10 Å². The molecule has 2 heterocycles. The van der Waals surface area contributed by atoms with Crippen LogP contribution in [-0.4, -0.2) is 47.5 Å². The second-order valence-electron chi connectivity index (χ2n) is 8.79. The summed E-state index contributed by atoms with van der Waals surface area (Å²) < 4.78 is 13.3. The topological polar surface area (TPSA) is 69.5 Å². The summed E-state index contributed by atoms with van der Waals surface area (Å²) in [4.78, 5) is 14.6. The van der Waals surface area contributed by atoms with Gasteiger partial charge >= 0.3 is 0 Å². The van der Waals surface area contributed by atoms with Crippen molar-refractivity contribution in [2.45, 2.75) is 45.4 Å². The SMILES string of the molecule is Cc1ccc(C#CC2CC2)cc1C(=O)N(C)c1cn(CC2OCC3(CC3)CO2)nn1. The number of carbonyl (C=O) groups is 1. The molecule has 1 aromatic heterocycles. The van der Waals surface area contributed by atoms with Crippen molar-refractivity contribution in [1.29, 1.82) is 0 Å². The highest BCUT2D eigenvalue weighted by Gasteiger charge is 2.47. The fourth-order valence-corrected chi connectivity index (χ4v) is 3.51. The largest absolute Gasteiger partial charge is 0.350 e. The smallest absolute Gasteiger partial charge is 0.259 e. The van der Waals surface area contributed by atoms with Gasteiger partial charge < -0.3 is 9.47 Å². The first-order chi connectivity index (χ1) is 14.5. The van der Waals surface area contributed by atoms with Crippen molar-refractivity contribution in [2.75, 3.05) is 25.2 Å². The molecular formula is C23H26N4O3. The lowest BCUT2D eigenvalue weighted by Gasteiger charge is -2.29. The summed E-state index contributed by atoms with van der Waals surface area (Å²) in [5, 5.41) is 8.31. The molecule has 1 amide bonds. The van der Waals surface area contributed by atoms with E-state index in [1.54, 1.807) is 17.9 Å². The molecule has 1 aliphatic heterocycles. The summed E-state index contributed by atoms with van der Waals surface area (Å²) in [6, 6.07) is 5.78. The van der Waals surface area contributed by atoms with Gasteiger partial charge in [0.15, 0.2) is 12.1 Å². The van der Waals surface area contributed by atoms with E-state index in [1.165, 1.54) is 30.6 Å². The summed E-state index contributed by atoms with van der Waals surface area (Å²) in [5.41, 5.74) is 2.68. The van der Waals surface area contributed by atoms with Crippen molar-refractivity contribution in [1.82, 2.24) is 15.0 Å². The van der Waals surface area contributed by atoms with E-state index in [9.17, 15) is 4.79 Å². The normalized spacial score (nSPS) is 19.9. The van der Waals surface area contributed by atoms with Crippen LogP contribution in [0.5, 0.6) is 0 Å². The van der Waals surface area contributed by atoms with Crippen LogP contribution >= 0.6 is 0 Å². The number of anilines is 1. The molecule has 7 nitrogen and oxygen atoms in total. The molecule has 7 heteroatoms. The van der Waals surface area contributed by atoms with Crippen LogP contribution < -0.4 is 4.90 Å². The summed E-state index contributed by atoms with van der Waals surface area (Å²) >= 11 is 0. The number of hydrogen-bond donors (Lipinski definition) is 0. The van der Waals surface area contributed by atoms with Gasteiger partial charge in [-0.3, -0.25) is 9.69 Å². The van der Waals surface area contributed by atoms with Crippen molar-refractivity contribution in [3.05, 3.63) is 41.1 Å². The van der Waals surface area contributed by atoms with Gasteiger partial charge in [-0.05, 0) is 50.3 Å². The molecule has 2 aromatic rings. The van der Waals surface area contributed by atoms with E-state index >= 15 is 0 Å². The molecule has 0 radical (unpaired) electrons. The maximum Gasteiger partial charge on any atom is 0.259 e. The monoisotopic (exact) mass is 406 g/mol. The van der Waals surface area contributed by atoms with E-state index in [4.69, 9.17) is 9.47 Å². The number of carbonyl (C=O) groups excluding carboxylic acids is 1. The number of hydrogen-bond acceptors (Lipinski definition) is 5. The van der Waals surface area contributed by atoms with Gasteiger partial charge in [0.25, 0.3) is 5.91 Å². The van der Waals surface area contributed by atoms with Crippen LogP contribution in [-0.2, 0) is 16.0 Å². The predicted octanol–water partition coefficient (Wildman–Crippen LogP) is 2.78. The Bertz CT molecular complexity index is 1020. The minimum absolute atomic E-state index is 0.129. The molecule has 0 N–H and O–H groups in total. The Hall–Kier alpha value is -2.69.